The molecule has 3 atom stereocenters. The first-order valence-corrected chi connectivity index (χ1v) is 12.8. The van der Waals surface area contributed by atoms with Crippen molar-refractivity contribution in [1.82, 2.24) is 0 Å². The summed E-state index contributed by atoms with van der Waals surface area (Å²) in [6.45, 7) is 2.61. The van der Waals surface area contributed by atoms with E-state index in [9.17, 15) is 9.59 Å². The van der Waals surface area contributed by atoms with Crippen molar-refractivity contribution in [2.24, 2.45) is 5.92 Å². The Morgan fingerprint density at radius 3 is 2.39 bits per heavy atom. The third kappa shape index (κ3) is 3.87. The van der Waals surface area contributed by atoms with Crippen molar-refractivity contribution in [3.8, 4) is 11.5 Å². The highest BCUT2D eigenvalue weighted by Crippen LogP contribution is 2.49. The van der Waals surface area contributed by atoms with Gasteiger partial charge in [0.05, 0.1) is 31.1 Å². The fraction of sp³-hybridized carbons (Fsp3) is 0.226. The van der Waals surface area contributed by atoms with Gasteiger partial charge in [-0.05, 0) is 47.7 Å². The SMILES string of the molecule is CCCOc1ccc([C@@H]2[C@@H]3C(=O)N(c4cccc5ccccc45)C(=O)[C@H]3ON2c2ccccc2)cc1OC. The summed E-state index contributed by atoms with van der Waals surface area (Å²) in [5.74, 6) is -0.199. The molecule has 0 bridgehead atoms. The van der Waals surface area contributed by atoms with Gasteiger partial charge in [0.1, 0.15) is 5.92 Å². The van der Waals surface area contributed by atoms with Gasteiger partial charge in [0.25, 0.3) is 5.91 Å². The lowest BCUT2D eigenvalue weighted by atomic mass is 9.90. The van der Waals surface area contributed by atoms with Crippen molar-refractivity contribution < 1.29 is 23.9 Å². The molecule has 2 amide bonds. The van der Waals surface area contributed by atoms with Crippen LogP contribution in [0.1, 0.15) is 24.9 Å². The van der Waals surface area contributed by atoms with Crippen molar-refractivity contribution in [2.75, 3.05) is 23.7 Å². The normalized spacial score (nSPS) is 20.7. The van der Waals surface area contributed by atoms with Gasteiger partial charge in [-0.1, -0.05) is 67.6 Å². The molecule has 0 N–H and O–H groups in total. The molecule has 6 rings (SSSR count). The van der Waals surface area contributed by atoms with E-state index in [-0.39, 0.29) is 11.8 Å². The molecular formula is C31H28N2O5. The minimum atomic E-state index is -0.950. The first-order valence-electron chi connectivity index (χ1n) is 12.8. The molecule has 0 aromatic heterocycles. The van der Waals surface area contributed by atoms with Crippen LogP contribution >= 0.6 is 0 Å². The summed E-state index contributed by atoms with van der Waals surface area (Å²) in [6.07, 6.45) is -0.0817. The monoisotopic (exact) mass is 508 g/mol. The van der Waals surface area contributed by atoms with Gasteiger partial charge in [-0.2, -0.15) is 0 Å². The molecule has 4 aromatic rings. The first-order chi connectivity index (χ1) is 18.6. The molecule has 7 heteroatoms. The van der Waals surface area contributed by atoms with Gasteiger partial charge >= 0.3 is 0 Å². The highest BCUT2D eigenvalue weighted by Gasteiger charge is 2.60. The third-order valence-corrected chi connectivity index (χ3v) is 7.12. The number of nitrogens with zero attached hydrogens (tertiary/aromatic N) is 2. The number of rotatable bonds is 7. The lowest BCUT2D eigenvalue weighted by molar-refractivity contribution is -0.126. The number of imide groups is 1. The van der Waals surface area contributed by atoms with Crippen molar-refractivity contribution in [3.63, 3.8) is 0 Å². The molecule has 0 saturated carbocycles. The Kier molecular flexibility index (Phi) is 6.21. The molecule has 0 radical (unpaired) electrons. The summed E-state index contributed by atoms with van der Waals surface area (Å²) >= 11 is 0. The Morgan fingerprint density at radius 2 is 1.61 bits per heavy atom. The van der Waals surface area contributed by atoms with Crippen molar-refractivity contribution in [3.05, 3.63) is 96.6 Å². The van der Waals surface area contributed by atoms with E-state index < -0.39 is 18.1 Å². The van der Waals surface area contributed by atoms with Crippen molar-refractivity contribution >= 4 is 34.0 Å². The number of hydrogen-bond acceptors (Lipinski definition) is 6. The third-order valence-electron chi connectivity index (χ3n) is 7.12. The van der Waals surface area contributed by atoms with Gasteiger partial charge in [-0.25, -0.2) is 9.96 Å². The second-order valence-corrected chi connectivity index (χ2v) is 9.43. The van der Waals surface area contributed by atoms with Gasteiger partial charge in [0.15, 0.2) is 17.6 Å². The Balaban J connectivity index is 1.44. The predicted molar refractivity (Wildman–Crippen MR) is 145 cm³/mol. The summed E-state index contributed by atoms with van der Waals surface area (Å²) in [5, 5.41) is 3.48. The molecule has 0 aliphatic carbocycles. The van der Waals surface area contributed by atoms with Crippen LogP contribution in [0.5, 0.6) is 11.5 Å². The van der Waals surface area contributed by atoms with E-state index in [1.165, 1.54) is 4.90 Å². The molecule has 38 heavy (non-hydrogen) atoms. The highest BCUT2D eigenvalue weighted by molar-refractivity contribution is 6.26. The number of amides is 2. The molecule has 4 aromatic carbocycles. The smallest absolute Gasteiger partial charge is 0.266 e. The zero-order chi connectivity index (χ0) is 26.2. The zero-order valence-corrected chi connectivity index (χ0v) is 21.2. The van der Waals surface area contributed by atoms with Crippen LogP contribution in [0.4, 0.5) is 11.4 Å². The maximum Gasteiger partial charge on any atom is 0.266 e. The van der Waals surface area contributed by atoms with Gasteiger partial charge in [-0.15, -0.1) is 0 Å². The second kappa shape index (κ2) is 9.84. The van der Waals surface area contributed by atoms with E-state index in [0.717, 1.165) is 28.4 Å². The average molecular weight is 509 g/mol. The molecule has 7 nitrogen and oxygen atoms in total. The largest absolute Gasteiger partial charge is 0.493 e. The Hall–Kier alpha value is -4.36. The van der Waals surface area contributed by atoms with Crippen LogP contribution in [-0.2, 0) is 14.4 Å². The fourth-order valence-corrected chi connectivity index (χ4v) is 5.39. The lowest BCUT2D eigenvalue weighted by Crippen LogP contribution is -2.37. The number of carbonyl (C=O) groups is 2. The minimum absolute atomic E-state index is 0.287. The van der Waals surface area contributed by atoms with Crippen LogP contribution in [0.15, 0.2) is 91.0 Å². The van der Waals surface area contributed by atoms with Crippen LogP contribution in [-0.4, -0.2) is 31.6 Å². The fourth-order valence-electron chi connectivity index (χ4n) is 5.39. The van der Waals surface area contributed by atoms with Crippen LogP contribution in [0.3, 0.4) is 0 Å². The number of anilines is 2. The average Bonchev–Trinajstić information content (AvgIpc) is 3.47. The molecule has 2 fully saturated rings. The zero-order valence-electron chi connectivity index (χ0n) is 21.2. The van der Waals surface area contributed by atoms with Crippen LogP contribution < -0.4 is 19.4 Å². The molecule has 2 heterocycles. The summed E-state index contributed by atoms with van der Waals surface area (Å²) in [4.78, 5) is 35.5. The number of methoxy groups -OCH3 is 1. The Morgan fingerprint density at radius 1 is 0.842 bits per heavy atom. The first kappa shape index (κ1) is 24.0. The molecule has 2 aliphatic heterocycles. The van der Waals surface area contributed by atoms with Crippen molar-refractivity contribution in [1.29, 1.82) is 0 Å². The predicted octanol–water partition coefficient (Wildman–Crippen LogP) is 5.69. The van der Waals surface area contributed by atoms with Crippen LogP contribution in [0.25, 0.3) is 10.8 Å². The molecule has 0 unspecified atom stereocenters. The molecule has 2 saturated heterocycles. The van der Waals surface area contributed by atoms with E-state index in [4.69, 9.17) is 14.3 Å². The quantitative estimate of drug-likeness (QED) is 0.299. The molecule has 192 valence electrons. The van der Waals surface area contributed by atoms with Crippen LogP contribution in [0.2, 0.25) is 0 Å². The maximum atomic E-state index is 14.1. The summed E-state index contributed by atoms with van der Waals surface area (Å²) in [6, 6.07) is 28.0. The topological polar surface area (TPSA) is 68.3 Å². The summed E-state index contributed by atoms with van der Waals surface area (Å²) in [5.41, 5.74) is 2.12. The number of benzene rings is 4. The summed E-state index contributed by atoms with van der Waals surface area (Å²) < 4.78 is 11.5. The minimum Gasteiger partial charge on any atom is -0.493 e. The summed E-state index contributed by atoms with van der Waals surface area (Å²) in [7, 11) is 1.59. The van der Waals surface area contributed by atoms with E-state index in [0.29, 0.717) is 23.8 Å². The van der Waals surface area contributed by atoms with E-state index in [1.54, 1.807) is 12.2 Å². The van der Waals surface area contributed by atoms with E-state index >= 15 is 0 Å². The van der Waals surface area contributed by atoms with Gasteiger partial charge in [0, 0.05) is 5.39 Å². The second-order valence-electron chi connectivity index (χ2n) is 9.43. The van der Waals surface area contributed by atoms with E-state index in [2.05, 4.69) is 0 Å². The van der Waals surface area contributed by atoms with Gasteiger partial charge < -0.3 is 9.47 Å². The Labute approximate surface area is 221 Å². The molecule has 0 spiro atoms. The number of fused-ring (bicyclic) bond motifs is 2. The van der Waals surface area contributed by atoms with Crippen molar-refractivity contribution in [2.45, 2.75) is 25.5 Å². The van der Waals surface area contributed by atoms with Crippen LogP contribution in [0, 0.1) is 5.92 Å². The number of hydroxylamine groups is 1. The molecular weight excluding hydrogens is 480 g/mol. The standard InChI is InChI=1S/C31H28N2O5/c1-3-18-37-25-17-16-21(19-26(25)36-2)28-27-29(38-33(28)22-12-5-4-6-13-22)31(35)32(30(27)34)24-15-9-11-20-10-7-8-14-23(20)24/h4-17,19,27-29H,3,18H2,1-2H3/t27-,28+,29-/m0/s1. The van der Waals surface area contributed by atoms with Gasteiger partial charge in [-0.3, -0.25) is 14.4 Å². The number of hydrogen-bond donors (Lipinski definition) is 0. The number of para-hydroxylation sites is 1. The van der Waals surface area contributed by atoms with E-state index in [1.807, 2.05) is 97.9 Å². The lowest BCUT2D eigenvalue weighted by Gasteiger charge is -2.29. The molecule has 2 aliphatic rings. The van der Waals surface area contributed by atoms with Gasteiger partial charge in [0.2, 0.25) is 5.91 Å². The maximum absolute atomic E-state index is 14.1. The highest BCUT2D eigenvalue weighted by atomic mass is 16.7. The number of ether oxygens (including phenoxy) is 2. The Bertz CT molecular complexity index is 1500. The number of carbonyl (C=O) groups excluding carboxylic acids is 2.